The van der Waals surface area contributed by atoms with Gasteiger partial charge in [-0.2, -0.15) is 0 Å². The summed E-state index contributed by atoms with van der Waals surface area (Å²) in [4.78, 5) is 24.0. The molecule has 1 N–H and O–H groups in total. The maximum Gasteiger partial charge on any atom is 0.377 e. The normalized spacial score (nSPS) is 16.8. The van der Waals surface area contributed by atoms with Crippen LogP contribution in [0.5, 0.6) is 11.5 Å². The molecule has 2 aliphatic heterocycles. The Balaban J connectivity index is 1.58. The summed E-state index contributed by atoms with van der Waals surface area (Å²) in [5.74, 6) is -0.0983. The van der Waals surface area contributed by atoms with Crippen LogP contribution in [-0.2, 0) is 23.8 Å². The molecule has 0 aliphatic carbocycles. The van der Waals surface area contributed by atoms with Crippen LogP contribution in [0.4, 0.5) is 5.69 Å². The minimum Gasteiger partial charge on any atom is -0.493 e. The fourth-order valence-electron chi connectivity index (χ4n) is 2.11. The molecule has 8 heteroatoms. The van der Waals surface area contributed by atoms with Gasteiger partial charge in [-0.1, -0.05) is 0 Å². The van der Waals surface area contributed by atoms with Gasteiger partial charge < -0.3 is 29.0 Å². The second-order valence-corrected chi connectivity index (χ2v) is 5.10. The molecule has 1 aromatic rings. The number of esters is 1. The molecule has 0 bridgehead atoms. The van der Waals surface area contributed by atoms with Crippen molar-refractivity contribution >= 4 is 17.6 Å². The minimum atomic E-state index is -1.00. The van der Waals surface area contributed by atoms with E-state index >= 15 is 0 Å². The predicted octanol–water partition coefficient (Wildman–Crippen LogP) is 1.22. The van der Waals surface area contributed by atoms with Crippen molar-refractivity contribution in [2.24, 2.45) is 0 Å². The monoisotopic (exact) mass is 335 g/mol. The lowest BCUT2D eigenvalue weighted by Gasteiger charge is -2.20. The number of amides is 1. The third-order valence-corrected chi connectivity index (χ3v) is 3.31. The Hall–Kier alpha value is -2.90. The molecule has 0 aromatic heterocycles. The van der Waals surface area contributed by atoms with Gasteiger partial charge in [0, 0.05) is 11.8 Å². The molecule has 1 aromatic carbocycles. The zero-order valence-electron chi connectivity index (χ0n) is 13.1. The fourth-order valence-corrected chi connectivity index (χ4v) is 2.11. The van der Waals surface area contributed by atoms with E-state index in [1.807, 2.05) is 0 Å². The highest BCUT2D eigenvalue weighted by Crippen LogP contribution is 2.32. The van der Waals surface area contributed by atoms with Crippen molar-refractivity contribution in [1.82, 2.24) is 0 Å². The van der Waals surface area contributed by atoms with E-state index in [2.05, 4.69) is 5.32 Å². The van der Waals surface area contributed by atoms with Gasteiger partial charge in [0.1, 0.15) is 32.7 Å². The number of anilines is 1. The summed E-state index contributed by atoms with van der Waals surface area (Å²) in [6.07, 6.45) is 0.175. The van der Waals surface area contributed by atoms with Crippen molar-refractivity contribution in [3.63, 3.8) is 0 Å². The van der Waals surface area contributed by atoms with Crippen LogP contribution in [-0.4, -0.2) is 44.4 Å². The van der Waals surface area contributed by atoms with E-state index in [0.29, 0.717) is 37.0 Å². The standard InChI is InChI=1S/C16H17NO7/c1-10(24-16(19)14-9-20-4-5-23-14)15(18)17-11-2-3-12-13(8-11)22-7-6-21-12/h2-3,8-10H,4-7H2,1H3,(H,17,18)/t10-/m0/s1. The smallest absolute Gasteiger partial charge is 0.377 e. The second-order valence-electron chi connectivity index (χ2n) is 5.10. The van der Waals surface area contributed by atoms with Crippen LogP contribution in [0.1, 0.15) is 6.92 Å². The van der Waals surface area contributed by atoms with Crippen LogP contribution in [0.2, 0.25) is 0 Å². The molecule has 2 aliphatic rings. The van der Waals surface area contributed by atoms with Crippen LogP contribution in [0.25, 0.3) is 0 Å². The molecule has 3 rings (SSSR count). The van der Waals surface area contributed by atoms with Gasteiger partial charge in [0.15, 0.2) is 17.6 Å². The van der Waals surface area contributed by atoms with E-state index in [0.717, 1.165) is 0 Å². The van der Waals surface area contributed by atoms with Crippen LogP contribution < -0.4 is 14.8 Å². The Morgan fingerprint density at radius 1 is 1.08 bits per heavy atom. The lowest BCUT2D eigenvalue weighted by molar-refractivity contribution is -0.153. The summed E-state index contributed by atoms with van der Waals surface area (Å²) in [7, 11) is 0. The van der Waals surface area contributed by atoms with E-state index in [-0.39, 0.29) is 12.4 Å². The molecule has 2 heterocycles. The van der Waals surface area contributed by atoms with Gasteiger partial charge in [-0.15, -0.1) is 0 Å². The Labute approximate surface area is 138 Å². The van der Waals surface area contributed by atoms with Crippen molar-refractivity contribution in [1.29, 1.82) is 0 Å². The summed E-state index contributed by atoms with van der Waals surface area (Å²) >= 11 is 0. The predicted molar refractivity (Wildman–Crippen MR) is 81.6 cm³/mol. The zero-order chi connectivity index (χ0) is 16.9. The molecule has 0 saturated carbocycles. The number of benzene rings is 1. The minimum absolute atomic E-state index is 0.0553. The summed E-state index contributed by atoms with van der Waals surface area (Å²) in [6.45, 7) is 3.05. The van der Waals surface area contributed by atoms with E-state index in [9.17, 15) is 9.59 Å². The summed E-state index contributed by atoms with van der Waals surface area (Å²) in [6, 6.07) is 5.04. The maximum absolute atomic E-state index is 12.1. The molecule has 128 valence electrons. The first kappa shape index (κ1) is 16.0. The van der Waals surface area contributed by atoms with Gasteiger partial charge in [-0.3, -0.25) is 4.79 Å². The molecular formula is C16H17NO7. The third-order valence-electron chi connectivity index (χ3n) is 3.31. The molecule has 0 fully saturated rings. The van der Waals surface area contributed by atoms with Crippen molar-refractivity contribution in [3.8, 4) is 11.5 Å². The van der Waals surface area contributed by atoms with Gasteiger partial charge in [-0.25, -0.2) is 4.79 Å². The van der Waals surface area contributed by atoms with Gasteiger partial charge in [0.2, 0.25) is 5.76 Å². The van der Waals surface area contributed by atoms with Gasteiger partial charge in [0.25, 0.3) is 5.91 Å². The van der Waals surface area contributed by atoms with Crippen molar-refractivity contribution < 1.29 is 33.3 Å². The first-order chi connectivity index (χ1) is 11.6. The Kier molecular flexibility index (Phi) is 4.74. The number of fused-ring (bicyclic) bond motifs is 1. The number of hydrogen-bond acceptors (Lipinski definition) is 7. The molecule has 24 heavy (non-hydrogen) atoms. The maximum atomic E-state index is 12.1. The first-order valence-corrected chi connectivity index (χ1v) is 7.49. The summed E-state index contributed by atoms with van der Waals surface area (Å²) < 4.78 is 26.0. The van der Waals surface area contributed by atoms with Crippen LogP contribution in [0, 0.1) is 0 Å². The van der Waals surface area contributed by atoms with E-state index < -0.39 is 18.0 Å². The third kappa shape index (κ3) is 3.70. The van der Waals surface area contributed by atoms with Crippen LogP contribution in [0.15, 0.2) is 30.2 Å². The Bertz CT molecular complexity index is 670. The van der Waals surface area contributed by atoms with Crippen LogP contribution >= 0.6 is 0 Å². The Morgan fingerprint density at radius 3 is 2.58 bits per heavy atom. The number of nitrogens with one attached hydrogen (secondary N) is 1. The molecule has 8 nitrogen and oxygen atoms in total. The average molecular weight is 335 g/mol. The van der Waals surface area contributed by atoms with Crippen LogP contribution in [0.3, 0.4) is 0 Å². The highest BCUT2D eigenvalue weighted by molar-refractivity contribution is 5.96. The van der Waals surface area contributed by atoms with E-state index in [1.54, 1.807) is 18.2 Å². The lowest BCUT2D eigenvalue weighted by atomic mass is 10.2. The highest BCUT2D eigenvalue weighted by Gasteiger charge is 2.23. The van der Waals surface area contributed by atoms with Crippen molar-refractivity contribution in [2.45, 2.75) is 13.0 Å². The molecule has 0 spiro atoms. The second kappa shape index (κ2) is 7.12. The number of ether oxygens (including phenoxy) is 5. The molecule has 0 saturated heterocycles. The van der Waals surface area contributed by atoms with Gasteiger partial charge >= 0.3 is 5.97 Å². The quantitative estimate of drug-likeness (QED) is 0.827. The number of rotatable bonds is 4. The topological polar surface area (TPSA) is 92.3 Å². The zero-order valence-corrected chi connectivity index (χ0v) is 13.1. The molecule has 0 radical (unpaired) electrons. The molecule has 0 unspecified atom stereocenters. The summed E-state index contributed by atoms with van der Waals surface area (Å²) in [5.41, 5.74) is 0.517. The number of hydrogen-bond donors (Lipinski definition) is 1. The average Bonchev–Trinajstić information content (AvgIpc) is 2.62. The molecular weight excluding hydrogens is 318 g/mol. The van der Waals surface area contributed by atoms with E-state index in [1.165, 1.54) is 13.2 Å². The Morgan fingerprint density at radius 2 is 1.83 bits per heavy atom. The fraction of sp³-hybridized carbons (Fsp3) is 0.375. The van der Waals surface area contributed by atoms with Gasteiger partial charge in [0.05, 0.1) is 0 Å². The van der Waals surface area contributed by atoms with Crippen molar-refractivity contribution in [2.75, 3.05) is 31.7 Å². The SMILES string of the molecule is C[C@H](OC(=O)C1=COCCO1)C(=O)Nc1ccc2c(c1)OCCO2. The first-order valence-electron chi connectivity index (χ1n) is 7.49. The highest BCUT2D eigenvalue weighted by atomic mass is 16.6. The number of carbonyl (C=O) groups is 2. The number of carbonyl (C=O) groups excluding carboxylic acids is 2. The lowest BCUT2D eigenvalue weighted by Crippen LogP contribution is -2.31. The molecule has 1 amide bonds. The van der Waals surface area contributed by atoms with Gasteiger partial charge in [-0.05, 0) is 19.1 Å². The molecule has 1 atom stereocenters. The van der Waals surface area contributed by atoms with Crippen molar-refractivity contribution in [3.05, 3.63) is 30.2 Å². The largest absolute Gasteiger partial charge is 0.493 e. The summed E-state index contributed by atoms with van der Waals surface area (Å²) in [5, 5.41) is 2.66. The van der Waals surface area contributed by atoms with E-state index in [4.69, 9.17) is 23.7 Å².